The number of aromatic amines is 1. The standard InChI is InChI=1S/C26H23N3O5/c1-34-18-9-6-7-16(13-18)14-23(26(32)33)29-24(30)19-10-3-5-12-21(19)28-25(31)22-15-17-8-2-4-11-20(17)27-22/h2-13,15,23,27H,14H2,1H3,(H,28,31)(H,29,30)(H,32,33). The number of anilines is 1. The van der Waals surface area contributed by atoms with Crippen LogP contribution in [-0.2, 0) is 11.2 Å². The highest BCUT2D eigenvalue weighted by Crippen LogP contribution is 2.20. The second-order valence-electron chi connectivity index (χ2n) is 7.69. The molecule has 8 nitrogen and oxygen atoms in total. The monoisotopic (exact) mass is 457 g/mol. The summed E-state index contributed by atoms with van der Waals surface area (Å²) >= 11 is 0. The smallest absolute Gasteiger partial charge is 0.326 e. The minimum Gasteiger partial charge on any atom is -0.497 e. The number of para-hydroxylation sites is 2. The lowest BCUT2D eigenvalue weighted by Crippen LogP contribution is -2.42. The molecule has 0 fully saturated rings. The molecule has 1 aromatic heterocycles. The van der Waals surface area contributed by atoms with Gasteiger partial charge >= 0.3 is 5.97 Å². The van der Waals surface area contributed by atoms with Gasteiger partial charge in [0.1, 0.15) is 17.5 Å². The molecular weight excluding hydrogens is 434 g/mol. The number of fused-ring (bicyclic) bond motifs is 1. The zero-order chi connectivity index (χ0) is 24.1. The average molecular weight is 457 g/mol. The highest BCUT2D eigenvalue weighted by atomic mass is 16.5. The molecular formula is C26H23N3O5. The van der Waals surface area contributed by atoms with Crippen LogP contribution in [0.3, 0.4) is 0 Å². The fraction of sp³-hybridized carbons (Fsp3) is 0.115. The van der Waals surface area contributed by atoms with E-state index in [9.17, 15) is 19.5 Å². The molecule has 34 heavy (non-hydrogen) atoms. The summed E-state index contributed by atoms with van der Waals surface area (Å²) in [5, 5.41) is 15.9. The van der Waals surface area contributed by atoms with Crippen LogP contribution in [0.25, 0.3) is 10.9 Å². The predicted molar refractivity (Wildman–Crippen MR) is 128 cm³/mol. The second kappa shape index (κ2) is 9.91. The lowest BCUT2D eigenvalue weighted by molar-refractivity contribution is -0.139. The Morgan fingerprint density at radius 3 is 2.47 bits per heavy atom. The molecule has 0 bridgehead atoms. The minimum atomic E-state index is -1.17. The largest absolute Gasteiger partial charge is 0.497 e. The fourth-order valence-corrected chi connectivity index (χ4v) is 3.65. The Kier molecular flexibility index (Phi) is 6.59. The molecule has 4 rings (SSSR count). The molecule has 1 unspecified atom stereocenters. The summed E-state index contributed by atoms with van der Waals surface area (Å²) in [5.41, 5.74) is 2.30. The molecule has 8 heteroatoms. The lowest BCUT2D eigenvalue weighted by atomic mass is 10.0. The van der Waals surface area contributed by atoms with Crippen molar-refractivity contribution in [3.8, 4) is 5.75 Å². The van der Waals surface area contributed by atoms with Crippen molar-refractivity contribution in [1.82, 2.24) is 10.3 Å². The topological polar surface area (TPSA) is 121 Å². The van der Waals surface area contributed by atoms with E-state index in [0.29, 0.717) is 17.0 Å². The van der Waals surface area contributed by atoms with Gasteiger partial charge in [0.25, 0.3) is 11.8 Å². The quantitative estimate of drug-likeness (QED) is 0.320. The Bertz CT molecular complexity index is 1330. The first-order valence-electron chi connectivity index (χ1n) is 10.6. The van der Waals surface area contributed by atoms with Crippen LogP contribution in [0.1, 0.15) is 26.4 Å². The van der Waals surface area contributed by atoms with Crippen LogP contribution in [0.5, 0.6) is 5.75 Å². The molecule has 0 saturated carbocycles. The van der Waals surface area contributed by atoms with Crippen molar-refractivity contribution in [3.63, 3.8) is 0 Å². The van der Waals surface area contributed by atoms with Crippen LogP contribution in [0.4, 0.5) is 5.69 Å². The van der Waals surface area contributed by atoms with Crippen LogP contribution in [0, 0.1) is 0 Å². The normalized spacial score (nSPS) is 11.6. The number of amides is 2. The van der Waals surface area contributed by atoms with E-state index in [0.717, 1.165) is 10.9 Å². The van der Waals surface area contributed by atoms with Crippen molar-refractivity contribution in [2.75, 3.05) is 12.4 Å². The summed E-state index contributed by atoms with van der Waals surface area (Å²) in [6.45, 7) is 0. The first-order valence-corrected chi connectivity index (χ1v) is 10.6. The summed E-state index contributed by atoms with van der Waals surface area (Å²) in [4.78, 5) is 40.7. The van der Waals surface area contributed by atoms with E-state index in [1.165, 1.54) is 13.2 Å². The van der Waals surface area contributed by atoms with Gasteiger partial charge in [0.2, 0.25) is 0 Å². The maximum absolute atomic E-state index is 13.0. The third-order valence-corrected chi connectivity index (χ3v) is 5.37. The number of hydrogen-bond donors (Lipinski definition) is 4. The Morgan fingerprint density at radius 2 is 1.71 bits per heavy atom. The maximum Gasteiger partial charge on any atom is 0.326 e. The summed E-state index contributed by atoms with van der Waals surface area (Å²) in [6, 6.07) is 21.5. The molecule has 0 radical (unpaired) electrons. The highest BCUT2D eigenvalue weighted by molar-refractivity contribution is 6.10. The summed E-state index contributed by atoms with van der Waals surface area (Å²) in [6.07, 6.45) is 0.0713. The van der Waals surface area contributed by atoms with Crippen LogP contribution in [-0.4, -0.2) is 41.0 Å². The van der Waals surface area contributed by atoms with Gasteiger partial charge in [0.05, 0.1) is 18.4 Å². The number of methoxy groups -OCH3 is 1. The van der Waals surface area contributed by atoms with Crippen molar-refractivity contribution in [2.45, 2.75) is 12.5 Å². The molecule has 1 heterocycles. The number of H-pyrrole nitrogens is 1. The van der Waals surface area contributed by atoms with Gasteiger partial charge in [-0.15, -0.1) is 0 Å². The van der Waals surface area contributed by atoms with Crippen LogP contribution < -0.4 is 15.4 Å². The molecule has 4 aromatic rings. The van der Waals surface area contributed by atoms with Crippen molar-refractivity contribution in [2.24, 2.45) is 0 Å². The Balaban J connectivity index is 1.51. The molecule has 2 amide bonds. The molecule has 0 aliphatic rings. The number of carboxylic acids is 1. The van der Waals surface area contributed by atoms with E-state index < -0.39 is 23.8 Å². The van der Waals surface area contributed by atoms with E-state index in [-0.39, 0.29) is 17.7 Å². The number of ether oxygens (including phenoxy) is 1. The van der Waals surface area contributed by atoms with Gasteiger partial charge in [0.15, 0.2) is 0 Å². The van der Waals surface area contributed by atoms with Gasteiger partial charge in [-0.25, -0.2) is 4.79 Å². The van der Waals surface area contributed by atoms with Crippen LogP contribution >= 0.6 is 0 Å². The van der Waals surface area contributed by atoms with Gasteiger partial charge in [-0.2, -0.15) is 0 Å². The van der Waals surface area contributed by atoms with Gasteiger partial charge in [-0.3, -0.25) is 9.59 Å². The molecule has 0 saturated heterocycles. The SMILES string of the molecule is COc1cccc(CC(NC(=O)c2ccccc2NC(=O)c2cc3ccccc3[nH]2)C(=O)O)c1. The molecule has 0 aliphatic heterocycles. The van der Waals surface area contributed by atoms with E-state index in [1.807, 2.05) is 24.3 Å². The summed E-state index contributed by atoms with van der Waals surface area (Å²) in [7, 11) is 1.52. The van der Waals surface area contributed by atoms with Gasteiger partial charge in [-0.1, -0.05) is 42.5 Å². The first-order chi connectivity index (χ1) is 16.4. The molecule has 1 atom stereocenters. The van der Waals surface area contributed by atoms with Gasteiger partial charge in [0, 0.05) is 17.3 Å². The van der Waals surface area contributed by atoms with Crippen molar-refractivity contribution in [3.05, 3.63) is 95.7 Å². The number of aliphatic carboxylic acids is 1. The molecule has 0 spiro atoms. The van der Waals surface area contributed by atoms with E-state index in [4.69, 9.17) is 4.74 Å². The maximum atomic E-state index is 13.0. The third kappa shape index (κ3) is 5.07. The number of benzene rings is 3. The van der Waals surface area contributed by atoms with Crippen LogP contribution in [0.15, 0.2) is 78.9 Å². The Hall–Kier alpha value is -4.59. The molecule has 4 N–H and O–H groups in total. The van der Waals surface area contributed by atoms with Gasteiger partial charge in [-0.05, 0) is 42.0 Å². The average Bonchev–Trinajstić information content (AvgIpc) is 3.28. The third-order valence-electron chi connectivity index (χ3n) is 5.37. The van der Waals surface area contributed by atoms with Crippen molar-refractivity contribution >= 4 is 34.4 Å². The van der Waals surface area contributed by atoms with E-state index in [1.54, 1.807) is 48.5 Å². The summed E-state index contributed by atoms with van der Waals surface area (Å²) in [5.74, 6) is -1.60. The first kappa shape index (κ1) is 22.6. The molecule has 172 valence electrons. The van der Waals surface area contributed by atoms with E-state index in [2.05, 4.69) is 15.6 Å². The second-order valence-corrected chi connectivity index (χ2v) is 7.69. The number of hydrogen-bond acceptors (Lipinski definition) is 4. The Morgan fingerprint density at radius 1 is 0.941 bits per heavy atom. The van der Waals surface area contributed by atoms with Crippen molar-refractivity contribution in [1.29, 1.82) is 0 Å². The van der Waals surface area contributed by atoms with E-state index >= 15 is 0 Å². The number of carboxylic acid groups (broad SMARTS) is 1. The number of aromatic nitrogens is 1. The Labute approximate surface area is 195 Å². The number of rotatable bonds is 8. The zero-order valence-corrected chi connectivity index (χ0v) is 18.4. The fourth-order valence-electron chi connectivity index (χ4n) is 3.65. The number of carbonyl (C=O) groups is 3. The highest BCUT2D eigenvalue weighted by Gasteiger charge is 2.23. The molecule has 3 aromatic carbocycles. The number of carbonyl (C=O) groups excluding carboxylic acids is 2. The van der Waals surface area contributed by atoms with Gasteiger partial charge < -0.3 is 25.5 Å². The summed E-state index contributed by atoms with van der Waals surface area (Å²) < 4.78 is 5.18. The predicted octanol–water partition coefficient (Wildman–Crippen LogP) is 3.85. The van der Waals surface area contributed by atoms with Crippen LogP contribution in [0.2, 0.25) is 0 Å². The lowest BCUT2D eigenvalue weighted by Gasteiger charge is -2.17. The molecule has 0 aliphatic carbocycles. The number of nitrogens with one attached hydrogen (secondary N) is 3. The zero-order valence-electron chi connectivity index (χ0n) is 18.4. The minimum absolute atomic E-state index is 0.0713. The van der Waals surface area contributed by atoms with Crippen molar-refractivity contribution < 1.29 is 24.2 Å².